The normalized spacial score (nSPS) is 20.3. The second-order valence-electron chi connectivity index (χ2n) is 11.9. The van der Waals surface area contributed by atoms with Gasteiger partial charge in [-0.05, 0) is 50.7 Å². The number of nitrogens with one attached hydrogen (secondary N) is 2. The van der Waals surface area contributed by atoms with Crippen molar-refractivity contribution in [3.05, 3.63) is 70.5 Å². The van der Waals surface area contributed by atoms with E-state index in [9.17, 15) is 14.7 Å². The van der Waals surface area contributed by atoms with Crippen molar-refractivity contribution < 1.29 is 9.90 Å². The van der Waals surface area contributed by atoms with Gasteiger partial charge in [0.15, 0.2) is 0 Å². The number of likely N-dealkylation sites (N-methyl/N-ethyl adjacent to an activating group) is 1. The van der Waals surface area contributed by atoms with Crippen LogP contribution in [0.2, 0.25) is 0 Å². The zero-order chi connectivity index (χ0) is 27.2. The first kappa shape index (κ1) is 25.9. The summed E-state index contributed by atoms with van der Waals surface area (Å²) in [7, 11) is 1.92. The van der Waals surface area contributed by atoms with Crippen molar-refractivity contribution in [2.45, 2.75) is 64.5 Å². The average molecular weight is 517 g/mol. The second-order valence-corrected chi connectivity index (χ2v) is 11.9. The minimum Gasteiger partial charge on any atom is -0.389 e. The minimum atomic E-state index is -0.819. The molecule has 0 aliphatic heterocycles. The quantitative estimate of drug-likeness (QED) is 0.327. The highest BCUT2D eigenvalue weighted by molar-refractivity contribution is 5.93. The highest BCUT2D eigenvalue weighted by atomic mass is 16.3. The first-order valence-corrected chi connectivity index (χ1v) is 13.1. The summed E-state index contributed by atoms with van der Waals surface area (Å²) in [6, 6.07) is 11.5. The largest absolute Gasteiger partial charge is 0.389 e. The van der Waals surface area contributed by atoms with Crippen molar-refractivity contribution >= 4 is 28.0 Å². The number of imidazole rings is 1. The van der Waals surface area contributed by atoms with Gasteiger partial charge in [-0.25, -0.2) is 10.1 Å². The lowest BCUT2D eigenvalue weighted by Gasteiger charge is -2.47. The van der Waals surface area contributed by atoms with E-state index >= 15 is 0 Å². The summed E-state index contributed by atoms with van der Waals surface area (Å²) in [5.41, 5.74) is 2.11. The molecule has 3 N–H and O–H groups in total. The first-order chi connectivity index (χ1) is 17.9. The molecule has 1 aromatic carbocycles. The summed E-state index contributed by atoms with van der Waals surface area (Å²) in [6.45, 7) is 8.42. The van der Waals surface area contributed by atoms with Crippen LogP contribution >= 0.6 is 0 Å². The number of carbonyl (C=O) groups excluding carboxylic acids is 1. The molecule has 3 aromatic heterocycles. The lowest BCUT2D eigenvalue weighted by atomic mass is 9.62. The molecule has 9 nitrogen and oxygen atoms in total. The lowest BCUT2D eigenvalue weighted by molar-refractivity contribution is 0.0673. The predicted molar refractivity (Wildman–Crippen MR) is 149 cm³/mol. The van der Waals surface area contributed by atoms with E-state index in [0.717, 1.165) is 36.0 Å². The Morgan fingerprint density at radius 2 is 2.00 bits per heavy atom. The van der Waals surface area contributed by atoms with E-state index in [-0.39, 0.29) is 28.8 Å². The number of hydrogen-bond donors (Lipinski definition) is 3. The number of nitrogens with zero attached hydrogens (tertiary/aromatic N) is 4. The molecule has 38 heavy (non-hydrogen) atoms. The predicted octanol–water partition coefficient (Wildman–Crippen LogP) is 3.87. The number of hydrogen-bond acceptors (Lipinski definition) is 6. The van der Waals surface area contributed by atoms with Crippen molar-refractivity contribution in [3.8, 4) is 0 Å². The zero-order valence-corrected chi connectivity index (χ0v) is 22.7. The van der Waals surface area contributed by atoms with Crippen molar-refractivity contribution in [2.24, 2.45) is 5.41 Å². The monoisotopic (exact) mass is 516 g/mol. The minimum absolute atomic E-state index is 0.0791. The van der Waals surface area contributed by atoms with E-state index < -0.39 is 5.60 Å². The number of rotatable bonds is 8. The van der Waals surface area contributed by atoms with Gasteiger partial charge in [-0.15, -0.1) is 0 Å². The lowest BCUT2D eigenvalue weighted by Crippen LogP contribution is -2.50. The zero-order valence-electron chi connectivity index (χ0n) is 22.7. The van der Waals surface area contributed by atoms with Gasteiger partial charge in [0.25, 0.3) is 11.5 Å². The Balaban J connectivity index is 1.22. The topological polar surface area (TPSA) is 116 Å². The fourth-order valence-electron chi connectivity index (χ4n) is 6.05. The molecule has 0 unspecified atom stereocenters. The fraction of sp³-hybridized carbons (Fsp3) is 0.448. The molecule has 0 spiro atoms. The molecule has 1 saturated carbocycles. The molecule has 5 rings (SSSR count). The molecule has 0 saturated heterocycles. The SMILES string of the molecule is C[C@@H](CC1(C)CC(NC(=O)c2cnc3cc(N(C)CC(C)(C)O)ccn23)C1)c1n[nH]c(=O)c2ccccc12. The Morgan fingerprint density at radius 1 is 1.29 bits per heavy atom. The number of amides is 1. The summed E-state index contributed by atoms with van der Waals surface area (Å²) < 4.78 is 1.80. The van der Waals surface area contributed by atoms with Crippen LogP contribution in [0.5, 0.6) is 0 Å². The van der Waals surface area contributed by atoms with Crippen molar-refractivity contribution in [2.75, 3.05) is 18.5 Å². The van der Waals surface area contributed by atoms with E-state index in [1.165, 1.54) is 0 Å². The van der Waals surface area contributed by atoms with Crippen LogP contribution < -0.4 is 15.8 Å². The Kier molecular flexibility index (Phi) is 6.51. The van der Waals surface area contributed by atoms with Gasteiger partial charge < -0.3 is 15.3 Å². The number of H-pyrrole nitrogens is 1. The van der Waals surface area contributed by atoms with Gasteiger partial charge in [-0.2, -0.15) is 5.10 Å². The Hall–Kier alpha value is -3.72. The van der Waals surface area contributed by atoms with Crippen LogP contribution in [0.1, 0.15) is 69.1 Å². The maximum Gasteiger partial charge on any atom is 0.272 e. The maximum atomic E-state index is 13.1. The molecule has 1 aliphatic carbocycles. The number of anilines is 1. The number of carbonyl (C=O) groups is 1. The molecule has 9 heteroatoms. The van der Waals surface area contributed by atoms with Gasteiger partial charge in [-0.3, -0.25) is 14.0 Å². The van der Waals surface area contributed by atoms with Crippen LogP contribution in [0, 0.1) is 5.41 Å². The number of aromatic nitrogens is 4. The number of aliphatic hydroxyl groups is 1. The molecule has 1 aliphatic rings. The molecule has 1 amide bonds. The summed E-state index contributed by atoms with van der Waals surface area (Å²) in [6.07, 6.45) is 6.14. The summed E-state index contributed by atoms with van der Waals surface area (Å²) in [5.74, 6) is 0.0319. The average Bonchev–Trinajstić information content (AvgIpc) is 3.26. The van der Waals surface area contributed by atoms with Gasteiger partial charge in [0, 0.05) is 48.9 Å². The van der Waals surface area contributed by atoms with Crippen molar-refractivity contribution in [1.82, 2.24) is 24.9 Å². The molecular weight excluding hydrogens is 480 g/mol. The van der Waals surface area contributed by atoms with Crippen LogP contribution in [-0.2, 0) is 0 Å². The Bertz CT molecular complexity index is 1540. The van der Waals surface area contributed by atoms with E-state index in [1.54, 1.807) is 24.4 Å². The van der Waals surface area contributed by atoms with Gasteiger partial charge in [-0.1, -0.05) is 32.0 Å². The second kappa shape index (κ2) is 9.54. The third kappa shape index (κ3) is 5.15. The van der Waals surface area contributed by atoms with Crippen molar-refractivity contribution in [3.63, 3.8) is 0 Å². The maximum absolute atomic E-state index is 13.1. The van der Waals surface area contributed by atoms with Crippen LogP contribution in [0.25, 0.3) is 16.4 Å². The molecule has 3 heterocycles. The molecule has 0 radical (unpaired) electrons. The highest BCUT2D eigenvalue weighted by Gasteiger charge is 2.42. The smallest absolute Gasteiger partial charge is 0.272 e. The van der Waals surface area contributed by atoms with Gasteiger partial charge >= 0.3 is 0 Å². The molecule has 200 valence electrons. The van der Waals surface area contributed by atoms with E-state index in [4.69, 9.17) is 0 Å². The summed E-state index contributed by atoms with van der Waals surface area (Å²) >= 11 is 0. The van der Waals surface area contributed by atoms with Gasteiger partial charge in [0.05, 0.1) is 22.9 Å². The van der Waals surface area contributed by atoms with E-state index in [0.29, 0.717) is 23.3 Å². The van der Waals surface area contributed by atoms with Crippen LogP contribution in [0.15, 0.2) is 53.6 Å². The van der Waals surface area contributed by atoms with Crippen LogP contribution in [-0.4, -0.2) is 55.8 Å². The molecule has 0 bridgehead atoms. The molecular formula is C29H36N6O3. The highest BCUT2D eigenvalue weighted by Crippen LogP contribution is 2.47. The Labute approximate surface area is 221 Å². The molecule has 4 aromatic rings. The van der Waals surface area contributed by atoms with Crippen molar-refractivity contribution in [1.29, 1.82) is 0 Å². The van der Waals surface area contributed by atoms with Gasteiger partial charge in [0.2, 0.25) is 0 Å². The van der Waals surface area contributed by atoms with Crippen LogP contribution in [0.3, 0.4) is 0 Å². The third-order valence-corrected chi connectivity index (χ3v) is 7.60. The number of fused-ring (bicyclic) bond motifs is 2. The molecule has 1 atom stereocenters. The summed E-state index contributed by atoms with van der Waals surface area (Å²) in [5, 5.41) is 21.9. The fourth-order valence-corrected chi connectivity index (χ4v) is 6.05. The standard InChI is InChI=1S/C29H36N6O3/c1-18(25-21-8-6-7-9-22(21)26(36)33-32-25)13-29(4)14-19(15-29)31-27(37)23-16-30-24-12-20(10-11-35(23)24)34(5)17-28(2,3)38/h6-12,16,18-19,38H,13-15,17H2,1-5H3,(H,31,37)(H,33,36)/t18-,19?,29?/m0/s1. The van der Waals surface area contributed by atoms with E-state index in [1.807, 2.05) is 54.5 Å². The third-order valence-electron chi connectivity index (χ3n) is 7.60. The Morgan fingerprint density at radius 3 is 2.71 bits per heavy atom. The number of pyridine rings is 1. The number of benzene rings is 1. The number of aromatic amines is 1. The molecule has 1 fully saturated rings. The van der Waals surface area contributed by atoms with Gasteiger partial charge in [0.1, 0.15) is 11.3 Å². The van der Waals surface area contributed by atoms with Crippen LogP contribution in [0.4, 0.5) is 5.69 Å². The first-order valence-electron chi connectivity index (χ1n) is 13.1. The summed E-state index contributed by atoms with van der Waals surface area (Å²) in [4.78, 5) is 31.7. The van der Waals surface area contributed by atoms with E-state index in [2.05, 4.69) is 34.3 Å².